The third-order valence-electron chi connectivity index (χ3n) is 4.17. The van der Waals surface area contributed by atoms with Crippen LogP contribution >= 0.6 is 0 Å². The molecule has 0 aromatic heterocycles. The molecule has 1 heterocycles. The van der Waals surface area contributed by atoms with Crippen LogP contribution in [0.4, 0.5) is 15.8 Å². The summed E-state index contributed by atoms with van der Waals surface area (Å²) >= 11 is 0. The summed E-state index contributed by atoms with van der Waals surface area (Å²) in [6.45, 7) is 6.55. The number of hydrogen-bond acceptors (Lipinski definition) is 4. The van der Waals surface area contributed by atoms with E-state index in [0.29, 0.717) is 11.7 Å². The Hall–Kier alpha value is -1.66. The number of rotatable bonds is 3. The summed E-state index contributed by atoms with van der Waals surface area (Å²) in [5, 5.41) is 2.62. The number of likely N-dealkylation sites (N-methyl/N-ethyl adjacent to an activating group) is 1. The second-order valence-electron chi connectivity index (χ2n) is 5.73. The molecule has 0 bridgehead atoms. The smallest absolute Gasteiger partial charge is 0.241 e. The molecule has 0 radical (unpaired) electrons. The van der Waals surface area contributed by atoms with Crippen LogP contribution in [0.1, 0.15) is 13.8 Å². The number of halogens is 1. The van der Waals surface area contributed by atoms with Crippen LogP contribution in [0, 0.1) is 5.82 Å². The van der Waals surface area contributed by atoms with Gasteiger partial charge in [-0.3, -0.25) is 9.69 Å². The van der Waals surface area contributed by atoms with E-state index in [0.717, 1.165) is 19.6 Å². The highest BCUT2D eigenvalue weighted by Crippen LogP contribution is 2.18. The maximum absolute atomic E-state index is 13.7. The van der Waals surface area contributed by atoms with Gasteiger partial charge in [0.05, 0.1) is 11.7 Å². The van der Waals surface area contributed by atoms with E-state index >= 15 is 0 Å². The van der Waals surface area contributed by atoms with Crippen molar-refractivity contribution >= 4 is 17.3 Å². The van der Waals surface area contributed by atoms with Crippen molar-refractivity contribution < 1.29 is 9.18 Å². The van der Waals surface area contributed by atoms with Crippen LogP contribution in [0.25, 0.3) is 0 Å². The number of carbonyl (C=O) groups is 1. The van der Waals surface area contributed by atoms with Crippen molar-refractivity contribution in [3.8, 4) is 0 Å². The van der Waals surface area contributed by atoms with E-state index in [2.05, 4.69) is 29.1 Å². The lowest BCUT2D eigenvalue weighted by atomic mass is 10.1. The highest BCUT2D eigenvalue weighted by Gasteiger charge is 2.28. The largest absolute Gasteiger partial charge is 0.399 e. The van der Waals surface area contributed by atoms with Gasteiger partial charge in [-0.2, -0.15) is 0 Å². The van der Waals surface area contributed by atoms with E-state index in [1.165, 1.54) is 18.2 Å². The van der Waals surface area contributed by atoms with Gasteiger partial charge >= 0.3 is 0 Å². The number of carbonyl (C=O) groups excluding carboxylic acids is 1. The molecule has 1 aliphatic heterocycles. The van der Waals surface area contributed by atoms with E-state index in [1.807, 2.05) is 6.92 Å². The fourth-order valence-corrected chi connectivity index (χ4v) is 2.47. The van der Waals surface area contributed by atoms with Crippen LogP contribution < -0.4 is 11.1 Å². The highest BCUT2D eigenvalue weighted by atomic mass is 19.1. The highest BCUT2D eigenvalue weighted by molar-refractivity contribution is 5.95. The minimum Gasteiger partial charge on any atom is -0.399 e. The van der Waals surface area contributed by atoms with Crippen LogP contribution in [0.15, 0.2) is 18.2 Å². The first-order valence-corrected chi connectivity index (χ1v) is 7.18. The predicted molar refractivity (Wildman–Crippen MR) is 82.6 cm³/mol. The summed E-state index contributed by atoms with van der Waals surface area (Å²) in [7, 11) is 2.08. The summed E-state index contributed by atoms with van der Waals surface area (Å²) in [4.78, 5) is 16.7. The zero-order chi connectivity index (χ0) is 15.6. The summed E-state index contributed by atoms with van der Waals surface area (Å²) < 4.78 is 13.7. The average Bonchev–Trinajstić information content (AvgIpc) is 2.45. The van der Waals surface area contributed by atoms with Crippen molar-refractivity contribution in [2.24, 2.45) is 0 Å². The third-order valence-corrected chi connectivity index (χ3v) is 4.17. The number of anilines is 2. The lowest BCUT2D eigenvalue weighted by Crippen LogP contribution is -2.55. The van der Waals surface area contributed by atoms with E-state index in [4.69, 9.17) is 5.73 Å². The third kappa shape index (κ3) is 3.71. The Morgan fingerprint density at radius 1 is 1.48 bits per heavy atom. The molecule has 2 unspecified atom stereocenters. The van der Waals surface area contributed by atoms with Crippen molar-refractivity contribution in [3.05, 3.63) is 24.0 Å². The fourth-order valence-electron chi connectivity index (χ4n) is 2.47. The van der Waals surface area contributed by atoms with Crippen molar-refractivity contribution in [2.75, 3.05) is 37.7 Å². The number of amides is 1. The van der Waals surface area contributed by atoms with Crippen LogP contribution in [0.2, 0.25) is 0 Å². The number of benzene rings is 1. The van der Waals surface area contributed by atoms with Gasteiger partial charge in [-0.25, -0.2) is 4.39 Å². The molecule has 1 amide bonds. The van der Waals surface area contributed by atoms with Crippen molar-refractivity contribution in [3.63, 3.8) is 0 Å². The Morgan fingerprint density at radius 2 is 2.19 bits per heavy atom. The fraction of sp³-hybridized carbons (Fsp3) is 0.533. The normalized spacial score (nSPS) is 22.0. The van der Waals surface area contributed by atoms with Gasteiger partial charge in [-0.1, -0.05) is 0 Å². The van der Waals surface area contributed by atoms with Gasteiger partial charge in [-0.05, 0) is 39.1 Å². The molecule has 116 valence electrons. The van der Waals surface area contributed by atoms with Gasteiger partial charge in [0.15, 0.2) is 0 Å². The molecule has 2 rings (SSSR count). The van der Waals surface area contributed by atoms with Crippen molar-refractivity contribution in [1.82, 2.24) is 9.80 Å². The molecule has 1 fully saturated rings. The van der Waals surface area contributed by atoms with Gasteiger partial charge in [0, 0.05) is 31.4 Å². The van der Waals surface area contributed by atoms with Gasteiger partial charge in [0.25, 0.3) is 0 Å². The molecule has 21 heavy (non-hydrogen) atoms. The zero-order valence-corrected chi connectivity index (χ0v) is 12.8. The van der Waals surface area contributed by atoms with Gasteiger partial charge < -0.3 is 16.0 Å². The van der Waals surface area contributed by atoms with Gasteiger partial charge in [0.2, 0.25) is 5.91 Å². The van der Waals surface area contributed by atoms with Crippen LogP contribution in [-0.4, -0.2) is 54.5 Å². The molecule has 6 heteroatoms. The molecule has 1 aromatic carbocycles. The molecule has 1 saturated heterocycles. The van der Waals surface area contributed by atoms with E-state index in [9.17, 15) is 9.18 Å². The Morgan fingerprint density at radius 3 is 2.86 bits per heavy atom. The maximum Gasteiger partial charge on any atom is 0.241 e. The minimum atomic E-state index is -0.475. The quantitative estimate of drug-likeness (QED) is 0.827. The first-order chi connectivity index (χ1) is 9.88. The predicted octanol–water partition coefficient (Wildman–Crippen LogP) is 1.37. The SMILES string of the molecule is CC1CN(C(C)C(=O)Nc2cc(N)ccc2F)CCN1C. The molecule has 1 aromatic rings. The monoisotopic (exact) mass is 294 g/mol. The topological polar surface area (TPSA) is 61.6 Å². The molecule has 3 N–H and O–H groups in total. The molecule has 1 aliphatic rings. The molecule has 0 spiro atoms. The Kier molecular flexibility index (Phi) is 4.80. The van der Waals surface area contributed by atoms with Crippen LogP contribution in [0.5, 0.6) is 0 Å². The van der Waals surface area contributed by atoms with Gasteiger partial charge in [0.1, 0.15) is 5.82 Å². The summed E-state index contributed by atoms with van der Waals surface area (Å²) in [5.74, 6) is -0.687. The summed E-state index contributed by atoms with van der Waals surface area (Å²) in [5.41, 5.74) is 6.18. The first-order valence-electron chi connectivity index (χ1n) is 7.18. The summed E-state index contributed by atoms with van der Waals surface area (Å²) in [6.07, 6.45) is 0. The first kappa shape index (κ1) is 15.7. The van der Waals surface area contributed by atoms with E-state index in [-0.39, 0.29) is 17.6 Å². The molecule has 0 aliphatic carbocycles. The molecular weight excluding hydrogens is 271 g/mol. The van der Waals surface area contributed by atoms with Crippen molar-refractivity contribution in [1.29, 1.82) is 0 Å². The van der Waals surface area contributed by atoms with Crippen LogP contribution in [-0.2, 0) is 4.79 Å². The number of piperazine rings is 1. The number of nitrogen functional groups attached to an aromatic ring is 1. The van der Waals surface area contributed by atoms with Crippen LogP contribution in [0.3, 0.4) is 0 Å². The molecule has 2 atom stereocenters. The number of nitrogens with two attached hydrogens (primary N) is 1. The average molecular weight is 294 g/mol. The lowest BCUT2D eigenvalue weighted by molar-refractivity contribution is -0.121. The maximum atomic E-state index is 13.7. The second kappa shape index (κ2) is 6.41. The Balaban J connectivity index is 2.01. The molecule has 5 nitrogen and oxygen atoms in total. The Bertz CT molecular complexity index is 522. The lowest BCUT2D eigenvalue weighted by Gasteiger charge is -2.40. The number of nitrogens with one attached hydrogen (secondary N) is 1. The number of nitrogens with zero attached hydrogens (tertiary/aromatic N) is 2. The van der Waals surface area contributed by atoms with Gasteiger partial charge in [-0.15, -0.1) is 0 Å². The van der Waals surface area contributed by atoms with E-state index < -0.39 is 5.82 Å². The number of hydrogen-bond donors (Lipinski definition) is 2. The van der Waals surface area contributed by atoms with Crippen molar-refractivity contribution in [2.45, 2.75) is 25.9 Å². The summed E-state index contributed by atoms with van der Waals surface area (Å²) in [6, 6.07) is 4.26. The zero-order valence-electron chi connectivity index (χ0n) is 12.8. The minimum absolute atomic E-state index is 0.133. The second-order valence-corrected chi connectivity index (χ2v) is 5.73. The van der Waals surface area contributed by atoms with E-state index in [1.54, 1.807) is 0 Å². The molecule has 0 saturated carbocycles. The Labute approximate surface area is 124 Å². The molecular formula is C15H23FN4O. The standard InChI is InChI=1S/C15H23FN4O/c1-10-9-20(7-6-19(10)3)11(2)15(21)18-14-8-12(17)4-5-13(14)16/h4-5,8,10-11H,6-7,9,17H2,1-3H3,(H,18,21).